The summed E-state index contributed by atoms with van der Waals surface area (Å²) in [5, 5.41) is 2.75. The molecule has 0 fully saturated rings. The van der Waals surface area contributed by atoms with Crippen LogP contribution in [0.15, 0.2) is 42.5 Å². The van der Waals surface area contributed by atoms with Gasteiger partial charge in [-0.1, -0.05) is 24.3 Å². The minimum absolute atomic E-state index is 0.0164. The zero-order valence-corrected chi connectivity index (χ0v) is 14.3. The number of ether oxygens (including phenoxy) is 2. The summed E-state index contributed by atoms with van der Waals surface area (Å²) in [7, 11) is 2.73. The van der Waals surface area contributed by atoms with Crippen molar-refractivity contribution in [3.8, 4) is 5.75 Å². The predicted octanol–water partition coefficient (Wildman–Crippen LogP) is 3.04. The molecule has 0 aliphatic rings. The van der Waals surface area contributed by atoms with Gasteiger partial charge in [0.05, 0.1) is 32.2 Å². The highest BCUT2D eigenvalue weighted by Crippen LogP contribution is 2.28. The quantitative estimate of drug-likeness (QED) is 0.818. The van der Waals surface area contributed by atoms with Gasteiger partial charge in [0.1, 0.15) is 11.6 Å². The largest absolute Gasteiger partial charge is 0.496 e. The van der Waals surface area contributed by atoms with Gasteiger partial charge in [-0.2, -0.15) is 0 Å². The lowest BCUT2D eigenvalue weighted by Gasteiger charge is -2.19. The van der Waals surface area contributed by atoms with Crippen LogP contribution in [0.25, 0.3) is 0 Å². The Kier molecular flexibility index (Phi) is 6.11. The number of carbonyl (C=O) groups is 2. The van der Waals surface area contributed by atoms with Gasteiger partial charge in [0.25, 0.3) is 5.91 Å². The predicted molar refractivity (Wildman–Crippen MR) is 91.0 cm³/mol. The smallest absolute Gasteiger partial charge is 0.310 e. The molecule has 132 valence electrons. The van der Waals surface area contributed by atoms with Gasteiger partial charge in [-0.25, -0.2) is 4.39 Å². The summed E-state index contributed by atoms with van der Waals surface area (Å²) in [4.78, 5) is 24.1. The lowest BCUT2D eigenvalue weighted by Crippen LogP contribution is -2.28. The van der Waals surface area contributed by atoms with Gasteiger partial charge in [0, 0.05) is 5.56 Å². The summed E-state index contributed by atoms with van der Waals surface area (Å²) in [6, 6.07) is 10.6. The molecule has 0 heterocycles. The molecule has 0 aliphatic carbocycles. The first-order valence-corrected chi connectivity index (χ1v) is 7.76. The average molecular weight is 345 g/mol. The van der Waals surface area contributed by atoms with Crippen molar-refractivity contribution in [1.29, 1.82) is 0 Å². The molecule has 1 amide bonds. The van der Waals surface area contributed by atoms with E-state index < -0.39 is 23.7 Å². The lowest BCUT2D eigenvalue weighted by atomic mass is 10.0. The minimum Gasteiger partial charge on any atom is -0.496 e. The second-order valence-corrected chi connectivity index (χ2v) is 5.46. The molecule has 0 bridgehead atoms. The molecule has 2 aromatic carbocycles. The van der Waals surface area contributed by atoms with Crippen LogP contribution >= 0.6 is 0 Å². The van der Waals surface area contributed by atoms with Crippen molar-refractivity contribution in [2.45, 2.75) is 19.4 Å². The number of hydrogen-bond acceptors (Lipinski definition) is 4. The average Bonchev–Trinajstić information content (AvgIpc) is 2.61. The number of rotatable bonds is 6. The molecule has 6 heteroatoms. The maximum atomic E-state index is 14.1. The Labute approximate surface area is 145 Å². The highest BCUT2D eigenvalue weighted by molar-refractivity contribution is 5.97. The molecule has 0 aliphatic heterocycles. The normalized spacial score (nSPS) is 11.5. The number of benzene rings is 2. The Bertz CT molecular complexity index is 776. The summed E-state index contributed by atoms with van der Waals surface area (Å²) in [5.41, 5.74) is 1.15. The summed E-state index contributed by atoms with van der Waals surface area (Å²) >= 11 is 0. The van der Waals surface area contributed by atoms with Crippen LogP contribution in [0.3, 0.4) is 0 Å². The molecule has 0 saturated heterocycles. The Balaban J connectivity index is 2.25. The number of nitrogens with one attached hydrogen (secondary N) is 1. The highest BCUT2D eigenvalue weighted by atomic mass is 19.1. The maximum absolute atomic E-state index is 14.1. The van der Waals surface area contributed by atoms with Gasteiger partial charge in [-0.3, -0.25) is 9.59 Å². The van der Waals surface area contributed by atoms with Crippen LogP contribution in [0.2, 0.25) is 0 Å². The number of carbonyl (C=O) groups excluding carboxylic acids is 2. The Morgan fingerprint density at radius 1 is 1.12 bits per heavy atom. The zero-order chi connectivity index (χ0) is 18.4. The first-order valence-electron chi connectivity index (χ1n) is 7.76. The van der Waals surface area contributed by atoms with E-state index in [0.29, 0.717) is 16.9 Å². The Hall–Kier alpha value is -2.89. The first kappa shape index (κ1) is 18.4. The van der Waals surface area contributed by atoms with Crippen LogP contribution in [0.5, 0.6) is 5.75 Å². The lowest BCUT2D eigenvalue weighted by molar-refractivity contribution is -0.139. The van der Waals surface area contributed by atoms with Gasteiger partial charge < -0.3 is 14.8 Å². The molecular formula is C19H20FNO4. The van der Waals surface area contributed by atoms with Crippen molar-refractivity contribution in [1.82, 2.24) is 5.32 Å². The van der Waals surface area contributed by atoms with Crippen LogP contribution in [0.1, 0.15) is 34.5 Å². The van der Waals surface area contributed by atoms with Crippen LogP contribution in [-0.4, -0.2) is 26.1 Å². The van der Waals surface area contributed by atoms with E-state index in [2.05, 4.69) is 10.1 Å². The van der Waals surface area contributed by atoms with Crippen molar-refractivity contribution < 1.29 is 23.5 Å². The van der Waals surface area contributed by atoms with Crippen molar-refractivity contribution in [3.63, 3.8) is 0 Å². The third kappa shape index (κ3) is 4.35. The van der Waals surface area contributed by atoms with E-state index in [-0.39, 0.29) is 12.0 Å². The minimum atomic E-state index is -0.616. The number of methoxy groups -OCH3 is 2. The molecule has 1 atom stereocenters. The van der Waals surface area contributed by atoms with Crippen LogP contribution in [0.4, 0.5) is 4.39 Å². The van der Waals surface area contributed by atoms with Crippen LogP contribution < -0.4 is 10.1 Å². The van der Waals surface area contributed by atoms with Gasteiger partial charge in [0.2, 0.25) is 0 Å². The molecule has 0 radical (unpaired) electrons. The molecule has 2 aromatic rings. The third-order valence-electron chi connectivity index (χ3n) is 3.84. The highest BCUT2D eigenvalue weighted by Gasteiger charge is 2.21. The van der Waals surface area contributed by atoms with Crippen molar-refractivity contribution in [2.24, 2.45) is 0 Å². The number of hydrogen-bond donors (Lipinski definition) is 1. The van der Waals surface area contributed by atoms with E-state index in [4.69, 9.17) is 4.74 Å². The summed E-state index contributed by atoms with van der Waals surface area (Å²) in [6.45, 7) is 1.67. The van der Waals surface area contributed by atoms with E-state index in [1.165, 1.54) is 26.4 Å². The van der Waals surface area contributed by atoms with Crippen LogP contribution in [-0.2, 0) is 16.0 Å². The van der Waals surface area contributed by atoms with E-state index in [0.717, 1.165) is 0 Å². The molecule has 0 spiro atoms. The molecule has 5 nitrogen and oxygen atoms in total. The van der Waals surface area contributed by atoms with E-state index in [1.54, 1.807) is 37.3 Å². The van der Waals surface area contributed by atoms with Gasteiger partial charge in [-0.15, -0.1) is 0 Å². The molecule has 0 saturated carbocycles. The zero-order valence-electron chi connectivity index (χ0n) is 14.3. The van der Waals surface area contributed by atoms with Gasteiger partial charge in [-0.05, 0) is 30.7 Å². The third-order valence-corrected chi connectivity index (χ3v) is 3.84. The summed E-state index contributed by atoms with van der Waals surface area (Å²) in [5.74, 6) is -0.952. The molecular weight excluding hydrogens is 325 g/mol. The summed E-state index contributed by atoms with van der Waals surface area (Å²) in [6.07, 6.45) is -0.0164. The van der Waals surface area contributed by atoms with E-state index >= 15 is 0 Å². The number of amides is 1. The molecule has 0 aromatic heterocycles. The Morgan fingerprint density at radius 3 is 2.52 bits per heavy atom. The van der Waals surface area contributed by atoms with Gasteiger partial charge >= 0.3 is 5.97 Å². The molecule has 1 N–H and O–H groups in total. The Morgan fingerprint density at radius 2 is 1.84 bits per heavy atom. The fourth-order valence-corrected chi connectivity index (χ4v) is 2.59. The van der Waals surface area contributed by atoms with Crippen molar-refractivity contribution in [3.05, 3.63) is 65.0 Å². The topological polar surface area (TPSA) is 64.6 Å². The van der Waals surface area contributed by atoms with Gasteiger partial charge in [0.15, 0.2) is 0 Å². The standard InChI is InChI=1S/C19H20FNO4/c1-12(18-15(20)9-6-10-16(18)24-2)21-19(23)14-8-5-4-7-13(14)11-17(22)25-3/h4-10,12H,11H2,1-3H3,(H,21,23). The first-order chi connectivity index (χ1) is 12.0. The second kappa shape index (κ2) is 8.28. The fourth-order valence-electron chi connectivity index (χ4n) is 2.59. The second-order valence-electron chi connectivity index (χ2n) is 5.46. The molecule has 2 rings (SSSR count). The number of esters is 1. The SMILES string of the molecule is COC(=O)Cc1ccccc1C(=O)NC(C)c1c(F)cccc1OC. The van der Waals surface area contributed by atoms with E-state index in [9.17, 15) is 14.0 Å². The molecule has 25 heavy (non-hydrogen) atoms. The van der Waals surface area contributed by atoms with Crippen molar-refractivity contribution in [2.75, 3.05) is 14.2 Å². The molecule has 1 unspecified atom stereocenters. The maximum Gasteiger partial charge on any atom is 0.310 e. The fraction of sp³-hybridized carbons (Fsp3) is 0.263. The van der Waals surface area contributed by atoms with E-state index in [1.807, 2.05) is 0 Å². The van der Waals surface area contributed by atoms with Crippen LogP contribution in [0, 0.1) is 5.82 Å². The monoisotopic (exact) mass is 345 g/mol. The number of halogens is 1. The van der Waals surface area contributed by atoms with Crippen molar-refractivity contribution >= 4 is 11.9 Å². The summed E-state index contributed by atoms with van der Waals surface area (Å²) < 4.78 is 24.0.